The third kappa shape index (κ3) is 4.34. The number of hydrogen-bond acceptors (Lipinski definition) is 6. The molecule has 3 aromatic carbocycles. The fourth-order valence-electron chi connectivity index (χ4n) is 2.82. The monoisotopic (exact) mass is 426 g/mol. The summed E-state index contributed by atoms with van der Waals surface area (Å²) in [5.74, 6) is 0.278. The number of rotatable bonds is 5. The first-order chi connectivity index (χ1) is 14.0. The lowest BCUT2D eigenvalue weighted by molar-refractivity contribution is -0.136. The van der Waals surface area contributed by atoms with E-state index in [2.05, 4.69) is 0 Å². The number of benzene rings is 3. The smallest absolute Gasteiger partial charge is 0.396 e. The van der Waals surface area contributed by atoms with Gasteiger partial charge >= 0.3 is 10.9 Å². The quantitative estimate of drug-likeness (QED) is 0.313. The first kappa shape index (κ1) is 19.2. The van der Waals surface area contributed by atoms with Crippen LogP contribution in [0.5, 0.6) is 11.5 Å². The molecule has 0 spiro atoms. The number of fused-ring (bicyclic) bond motifs is 1. The molecule has 0 fully saturated rings. The van der Waals surface area contributed by atoms with Gasteiger partial charge in [-0.25, -0.2) is 9.59 Å². The van der Waals surface area contributed by atoms with Crippen molar-refractivity contribution in [1.82, 2.24) is 0 Å². The molecule has 0 amide bonds. The Morgan fingerprint density at radius 2 is 1.76 bits per heavy atom. The summed E-state index contributed by atoms with van der Waals surface area (Å²) >= 11 is 6.81. The van der Waals surface area contributed by atoms with Gasteiger partial charge in [0, 0.05) is 10.6 Å². The minimum atomic E-state index is -0.566. The van der Waals surface area contributed by atoms with E-state index in [4.69, 9.17) is 25.5 Å². The third-order valence-corrected chi connectivity index (χ3v) is 5.31. The molecule has 0 atom stereocenters. The van der Waals surface area contributed by atoms with Gasteiger partial charge in [0.15, 0.2) is 6.61 Å². The van der Waals surface area contributed by atoms with Crippen LogP contribution in [-0.4, -0.2) is 12.6 Å². The Hall–Kier alpha value is -3.09. The SMILES string of the molecule is Cc1ccc(-c2c(OC(=O)COc3ccc(Cl)cc3)ccc3oc(=O)sc23)cc1. The molecule has 0 N–H and O–H groups in total. The van der Waals surface area contributed by atoms with Gasteiger partial charge in [0.1, 0.15) is 17.1 Å². The molecule has 1 heterocycles. The maximum absolute atomic E-state index is 12.4. The Kier molecular flexibility index (Phi) is 5.38. The highest BCUT2D eigenvalue weighted by molar-refractivity contribution is 7.16. The summed E-state index contributed by atoms with van der Waals surface area (Å²) in [7, 11) is 0. The van der Waals surface area contributed by atoms with Gasteiger partial charge < -0.3 is 13.9 Å². The molecule has 0 aliphatic rings. The molecule has 4 aromatic rings. The van der Waals surface area contributed by atoms with Gasteiger partial charge in [-0.3, -0.25) is 0 Å². The molecule has 0 unspecified atom stereocenters. The molecule has 5 nitrogen and oxygen atoms in total. The zero-order valence-corrected chi connectivity index (χ0v) is 16.9. The van der Waals surface area contributed by atoms with Crippen molar-refractivity contribution in [1.29, 1.82) is 0 Å². The summed E-state index contributed by atoms with van der Waals surface area (Å²) in [6, 6.07) is 17.6. The second-order valence-electron chi connectivity index (χ2n) is 6.30. The molecular weight excluding hydrogens is 412 g/mol. The number of ether oxygens (including phenoxy) is 2. The van der Waals surface area contributed by atoms with Crippen LogP contribution >= 0.6 is 22.9 Å². The van der Waals surface area contributed by atoms with E-state index in [1.807, 2.05) is 31.2 Å². The van der Waals surface area contributed by atoms with E-state index in [1.165, 1.54) is 0 Å². The Morgan fingerprint density at radius 1 is 1.03 bits per heavy atom. The second-order valence-corrected chi connectivity index (χ2v) is 7.68. The van der Waals surface area contributed by atoms with E-state index >= 15 is 0 Å². The summed E-state index contributed by atoms with van der Waals surface area (Å²) in [6.45, 7) is 1.71. The number of carbonyl (C=O) groups is 1. The lowest BCUT2D eigenvalue weighted by atomic mass is 10.0. The normalized spacial score (nSPS) is 10.8. The van der Waals surface area contributed by atoms with E-state index in [0.29, 0.717) is 32.4 Å². The molecule has 1 aromatic heterocycles. The highest BCUT2D eigenvalue weighted by Gasteiger charge is 2.18. The van der Waals surface area contributed by atoms with Gasteiger partial charge in [0.25, 0.3) is 0 Å². The van der Waals surface area contributed by atoms with Crippen molar-refractivity contribution >= 4 is 39.2 Å². The zero-order chi connectivity index (χ0) is 20.4. The summed E-state index contributed by atoms with van der Waals surface area (Å²) in [5, 5.41) is 0.579. The Bertz CT molecular complexity index is 1220. The van der Waals surface area contributed by atoms with Crippen LogP contribution in [0.25, 0.3) is 21.4 Å². The maximum Gasteiger partial charge on any atom is 0.396 e. The average molecular weight is 427 g/mol. The van der Waals surface area contributed by atoms with E-state index < -0.39 is 10.9 Å². The largest absolute Gasteiger partial charge is 0.482 e. The Morgan fingerprint density at radius 3 is 2.48 bits per heavy atom. The van der Waals surface area contributed by atoms with Crippen LogP contribution < -0.4 is 14.4 Å². The molecule has 4 rings (SSSR count). The van der Waals surface area contributed by atoms with Crippen LogP contribution in [0.4, 0.5) is 0 Å². The van der Waals surface area contributed by atoms with Crippen LogP contribution in [0.3, 0.4) is 0 Å². The predicted octanol–water partition coefficient (Wildman–Crippen LogP) is 5.47. The predicted molar refractivity (Wildman–Crippen MR) is 113 cm³/mol. The van der Waals surface area contributed by atoms with Crippen molar-refractivity contribution in [2.75, 3.05) is 6.61 Å². The Balaban J connectivity index is 1.63. The zero-order valence-electron chi connectivity index (χ0n) is 15.3. The van der Waals surface area contributed by atoms with Gasteiger partial charge in [-0.1, -0.05) is 52.8 Å². The summed E-state index contributed by atoms with van der Waals surface area (Å²) in [5.41, 5.74) is 3.00. The van der Waals surface area contributed by atoms with Crippen molar-refractivity contribution in [2.24, 2.45) is 0 Å². The van der Waals surface area contributed by atoms with Crippen LogP contribution in [0.2, 0.25) is 5.02 Å². The van der Waals surface area contributed by atoms with E-state index in [1.54, 1.807) is 36.4 Å². The highest BCUT2D eigenvalue weighted by atomic mass is 35.5. The van der Waals surface area contributed by atoms with Gasteiger partial charge in [0.05, 0.1) is 4.70 Å². The van der Waals surface area contributed by atoms with Crippen LogP contribution in [0.1, 0.15) is 5.56 Å². The van der Waals surface area contributed by atoms with Gasteiger partial charge in [-0.15, -0.1) is 0 Å². The van der Waals surface area contributed by atoms with Crippen molar-refractivity contribution < 1.29 is 18.7 Å². The summed E-state index contributed by atoms with van der Waals surface area (Å²) < 4.78 is 16.9. The molecule has 0 saturated carbocycles. The maximum atomic E-state index is 12.4. The van der Waals surface area contributed by atoms with Crippen molar-refractivity contribution in [2.45, 2.75) is 6.92 Å². The Labute approximate surface area is 175 Å². The van der Waals surface area contributed by atoms with Crippen molar-refractivity contribution in [3.8, 4) is 22.6 Å². The van der Waals surface area contributed by atoms with Gasteiger partial charge in [0.2, 0.25) is 0 Å². The summed E-state index contributed by atoms with van der Waals surface area (Å²) in [6.07, 6.45) is 0. The number of halogens is 1. The van der Waals surface area contributed by atoms with E-state index in [-0.39, 0.29) is 6.61 Å². The van der Waals surface area contributed by atoms with Crippen molar-refractivity contribution in [3.05, 3.63) is 81.0 Å². The molecular formula is C22H15ClO5S. The standard InChI is InChI=1S/C22H15ClO5S/c1-13-2-4-14(5-3-13)20-17(10-11-18-21(20)29-22(25)28-18)27-19(24)12-26-16-8-6-15(23)7-9-16/h2-11H,12H2,1H3. The van der Waals surface area contributed by atoms with Crippen LogP contribution in [-0.2, 0) is 4.79 Å². The molecule has 7 heteroatoms. The molecule has 0 aliphatic carbocycles. The number of hydrogen-bond donors (Lipinski definition) is 0. The fraction of sp³-hybridized carbons (Fsp3) is 0.0909. The molecule has 0 saturated heterocycles. The van der Waals surface area contributed by atoms with E-state index in [0.717, 1.165) is 22.5 Å². The number of carbonyl (C=O) groups excluding carboxylic acids is 1. The lowest BCUT2D eigenvalue weighted by Gasteiger charge is -2.12. The molecule has 0 bridgehead atoms. The van der Waals surface area contributed by atoms with E-state index in [9.17, 15) is 9.59 Å². The fourth-order valence-corrected chi connectivity index (χ4v) is 3.78. The lowest BCUT2D eigenvalue weighted by Crippen LogP contribution is -2.18. The minimum Gasteiger partial charge on any atom is -0.482 e. The molecule has 29 heavy (non-hydrogen) atoms. The first-order valence-corrected chi connectivity index (χ1v) is 9.92. The van der Waals surface area contributed by atoms with Crippen molar-refractivity contribution in [3.63, 3.8) is 0 Å². The van der Waals surface area contributed by atoms with Crippen LogP contribution in [0, 0.1) is 6.92 Å². The number of aryl methyl sites for hydroxylation is 1. The summed E-state index contributed by atoms with van der Waals surface area (Å²) in [4.78, 5) is 23.7. The molecule has 0 aliphatic heterocycles. The third-order valence-electron chi connectivity index (χ3n) is 4.20. The average Bonchev–Trinajstić information content (AvgIpc) is 3.08. The van der Waals surface area contributed by atoms with Gasteiger partial charge in [-0.05, 0) is 48.9 Å². The second kappa shape index (κ2) is 8.11. The molecule has 0 radical (unpaired) electrons. The topological polar surface area (TPSA) is 65.7 Å². The minimum absolute atomic E-state index is 0.269. The highest BCUT2D eigenvalue weighted by Crippen LogP contribution is 2.38. The van der Waals surface area contributed by atoms with Crippen LogP contribution in [0.15, 0.2) is 69.9 Å². The van der Waals surface area contributed by atoms with Gasteiger partial charge in [-0.2, -0.15) is 0 Å². The first-order valence-electron chi connectivity index (χ1n) is 8.72. The number of esters is 1. The molecule has 146 valence electrons.